The molecule has 3 aromatic rings. The van der Waals surface area contributed by atoms with Crippen LogP contribution >= 0.6 is 0 Å². The lowest BCUT2D eigenvalue weighted by Gasteiger charge is -2.03. The third kappa shape index (κ3) is 2.57. The van der Waals surface area contributed by atoms with Gasteiger partial charge in [-0.1, -0.05) is 32.0 Å². The molecule has 4 heteroatoms. The fourth-order valence-corrected chi connectivity index (χ4v) is 1.77. The Labute approximate surface area is 112 Å². The van der Waals surface area contributed by atoms with E-state index in [1.165, 1.54) is 4.80 Å². The van der Waals surface area contributed by atoms with Crippen molar-refractivity contribution in [3.63, 3.8) is 0 Å². The molecular formula is C15H17N3O. The normalized spacial score (nSPS) is 10.1. The number of aromatic hydroxyl groups is 1. The summed E-state index contributed by atoms with van der Waals surface area (Å²) >= 11 is 0. The van der Waals surface area contributed by atoms with Gasteiger partial charge >= 0.3 is 0 Å². The molecule has 2 aromatic carbocycles. The summed E-state index contributed by atoms with van der Waals surface area (Å²) in [6.45, 7) is 5.93. The van der Waals surface area contributed by atoms with Gasteiger partial charge in [-0.3, -0.25) is 0 Å². The molecule has 3 rings (SSSR count). The largest absolute Gasteiger partial charge is 0.506 e. The van der Waals surface area contributed by atoms with Crippen LogP contribution in [0.25, 0.3) is 16.7 Å². The van der Waals surface area contributed by atoms with Crippen molar-refractivity contribution >= 4 is 11.0 Å². The molecule has 0 bridgehead atoms. The fourth-order valence-electron chi connectivity index (χ4n) is 1.77. The molecule has 0 fully saturated rings. The van der Waals surface area contributed by atoms with Crippen LogP contribution in [0.5, 0.6) is 5.75 Å². The Morgan fingerprint density at radius 3 is 2.05 bits per heavy atom. The molecule has 98 valence electrons. The molecule has 4 nitrogen and oxygen atoms in total. The molecule has 19 heavy (non-hydrogen) atoms. The number of aryl methyl sites for hydroxylation is 1. The zero-order chi connectivity index (χ0) is 13.8. The van der Waals surface area contributed by atoms with Gasteiger partial charge in [0, 0.05) is 0 Å². The van der Waals surface area contributed by atoms with Gasteiger partial charge in [-0.2, -0.15) is 0 Å². The number of rotatable bonds is 1. The second-order valence-corrected chi connectivity index (χ2v) is 3.97. The van der Waals surface area contributed by atoms with Crippen molar-refractivity contribution in [2.24, 2.45) is 0 Å². The Hall–Kier alpha value is -2.36. The highest BCUT2D eigenvalue weighted by molar-refractivity contribution is 5.73. The van der Waals surface area contributed by atoms with Gasteiger partial charge in [-0.15, -0.1) is 15.0 Å². The molecule has 0 aliphatic rings. The summed E-state index contributed by atoms with van der Waals surface area (Å²) in [5.74, 6) is 0.185. The number of nitrogens with zero attached hydrogens (tertiary/aromatic N) is 3. The first-order valence-electron chi connectivity index (χ1n) is 6.36. The molecule has 1 heterocycles. The first kappa shape index (κ1) is 13.1. The predicted molar refractivity (Wildman–Crippen MR) is 76.6 cm³/mol. The molecule has 0 amide bonds. The molecule has 0 saturated carbocycles. The average Bonchev–Trinajstić information content (AvgIpc) is 2.84. The van der Waals surface area contributed by atoms with Crippen molar-refractivity contribution in [1.29, 1.82) is 0 Å². The van der Waals surface area contributed by atoms with Crippen LogP contribution in [0, 0.1) is 6.92 Å². The van der Waals surface area contributed by atoms with Crippen LogP contribution in [0.1, 0.15) is 19.4 Å². The summed E-state index contributed by atoms with van der Waals surface area (Å²) < 4.78 is 0. The van der Waals surface area contributed by atoms with Crippen molar-refractivity contribution in [1.82, 2.24) is 15.0 Å². The third-order valence-corrected chi connectivity index (χ3v) is 2.63. The van der Waals surface area contributed by atoms with Crippen LogP contribution in [-0.2, 0) is 0 Å². The quantitative estimate of drug-likeness (QED) is 0.724. The Kier molecular flexibility index (Phi) is 3.80. The zero-order valence-electron chi connectivity index (χ0n) is 11.3. The minimum atomic E-state index is 0.185. The highest BCUT2D eigenvalue weighted by Gasteiger charge is 2.07. The van der Waals surface area contributed by atoms with E-state index in [2.05, 4.69) is 10.2 Å². The van der Waals surface area contributed by atoms with E-state index in [0.717, 1.165) is 16.6 Å². The van der Waals surface area contributed by atoms with E-state index in [4.69, 9.17) is 0 Å². The highest BCUT2D eigenvalue weighted by atomic mass is 16.3. The molecule has 1 aromatic heterocycles. The maximum absolute atomic E-state index is 9.87. The van der Waals surface area contributed by atoms with E-state index < -0.39 is 0 Å². The van der Waals surface area contributed by atoms with Crippen LogP contribution in [-0.4, -0.2) is 20.1 Å². The summed E-state index contributed by atoms with van der Waals surface area (Å²) in [6, 6.07) is 13.0. The lowest BCUT2D eigenvalue weighted by atomic mass is 10.2. The SMILES string of the molecule is CC.Cc1ccc(-n2nc3ccccc3n2)c(O)c1. The van der Waals surface area contributed by atoms with Crippen molar-refractivity contribution in [3.05, 3.63) is 48.0 Å². The zero-order valence-corrected chi connectivity index (χ0v) is 11.3. The molecule has 0 atom stereocenters. The van der Waals surface area contributed by atoms with Gasteiger partial charge in [0.25, 0.3) is 0 Å². The van der Waals surface area contributed by atoms with Crippen LogP contribution in [0.15, 0.2) is 42.5 Å². The molecule has 0 radical (unpaired) electrons. The van der Waals surface area contributed by atoms with Crippen molar-refractivity contribution in [3.8, 4) is 11.4 Å². The van der Waals surface area contributed by atoms with Crippen LogP contribution in [0.4, 0.5) is 0 Å². The Bertz CT molecular complexity index is 656. The number of hydrogen-bond acceptors (Lipinski definition) is 3. The van der Waals surface area contributed by atoms with E-state index in [1.807, 2.05) is 57.2 Å². The average molecular weight is 255 g/mol. The summed E-state index contributed by atoms with van der Waals surface area (Å²) in [5, 5.41) is 18.5. The topological polar surface area (TPSA) is 50.9 Å². The number of phenols is 1. The van der Waals surface area contributed by atoms with E-state index in [1.54, 1.807) is 6.07 Å². The van der Waals surface area contributed by atoms with E-state index >= 15 is 0 Å². The Morgan fingerprint density at radius 1 is 0.947 bits per heavy atom. The lowest BCUT2D eigenvalue weighted by Crippen LogP contribution is -1.98. The maximum Gasteiger partial charge on any atom is 0.143 e. The van der Waals surface area contributed by atoms with E-state index in [9.17, 15) is 5.11 Å². The first-order chi connectivity index (χ1) is 9.24. The van der Waals surface area contributed by atoms with Crippen LogP contribution < -0.4 is 0 Å². The summed E-state index contributed by atoms with van der Waals surface area (Å²) in [4.78, 5) is 1.46. The lowest BCUT2D eigenvalue weighted by molar-refractivity contribution is 0.467. The number of phenolic OH excluding ortho intramolecular Hbond substituents is 1. The van der Waals surface area contributed by atoms with Crippen LogP contribution in [0.2, 0.25) is 0 Å². The van der Waals surface area contributed by atoms with Gasteiger partial charge in [0.2, 0.25) is 0 Å². The van der Waals surface area contributed by atoms with Crippen LogP contribution in [0.3, 0.4) is 0 Å². The van der Waals surface area contributed by atoms with Gasteiger partial charge in [0.05, 0.1) is 0 Å². The first-order valence-corrected chi connectivity index (χ1v) is 6.36. The van der Waals surface area contributed by atoms with Gasteiger partial charge < -0.3 is 5.11 Å². The molecule has 0 aliphatic carbocycles. The summed E-state index contributed by atoms with van der Waals surface area (Å²) in [5.41, 5.74) is 3.22. The number of fused-ring (bicyclic) bond motifs is 1. The summed E-state index contributed by atoms with van der Waals surface area (Å²) in [6.07, 6.45) is 0. The smallest absolute Gasteiger partial charge is 0.143 e. The monoisotopic (exact) mass is 255 g/mol. The number of benzene rings is 2. The second-order valence-electron chi connectivity index (χ2n) is 3.97. The Morgan fingerprint density at radius 2 is 1.53 bits per heavy atom. The fraction of sp³-hybridized carbons (Fsp3) is 0.200. The van der Waals surface area contributed by atoms with Crippen molar-refractivity contribution < 1.29 is 5.11 Å². The molecule has 0 spiro atoms. The van der Waals surface area contributed by atoms with Gasteiger partial charge in [0.1, 0.15) is 22.5 Å². The van der Waals surface area contributed by atoms with Gasteiger partial charge in [-0.05, 0) is 36.8 Å². The predicted octanol–water partition coefficient (Wildman–Crippen LogP) is 3.46. The second kappa shape index (κ2) is 5.52. The third-order valence-electron chi connectivity index (χ3n) is 2.63. The van der Waals surface area contributed by atoms with E-state index in [-0.39, 0.29) is 5.75 Å². The van der Waals surface area contributed by atoms with Gasteiger partial charge in [-0.25, -0.2) is 0 Å². The Balaban J connectivity index is 0.000000637. The minimum Gasteiger partial charge on any atom is -0.506 e. The minimum absolute atomic E-state index is 0.185. The molecule has 1 N–H and O–H groups in total. The van der Waals surface area contributed by atoms with Crippen molar-refractivity contribution in [2.75, 3.05) is 0 Å². The van der Waals surface area contributed by atoms with E-state index in [0.29, 0.717) is 5.69 Å². The number of hydrogen-bond donors (Lipinski definition) is 1. The van der Waals surface area contributed by atoms with Gasteiger partial charge in [0.15, 0.2) is 0 Å². The highest BCUT2D eigenvalue weighted by Crippen LogP contribution is 2.22. The molecule has 0 saturated heterocycles. The van der Waals surface area contributed by atoms with Crippen molar-refractivity contribution in [2.45, 2.75) is 20.8 Å². The maximum atomic E-state index is 9.87. The number of aromatic nitrogens is 3. The standard InChI is InChI=1S/C13H11N3O.C2H6/c1-9-6-7-12(13(17)8-9)16-14-10-4-2-3-5-11(10)15-16;1-2/h2-8,17H,1H3;1-2H3. The molecule has 0 aliphatic heterocycles. The molecule has 0 unspecified atom stereocenters. The molecular weight excluding hydrogens is 238 g/mol. The summed E-state index contributed by atoms with van der Waals surface area (Å²) in [7, 11) is 0.